The first kappa shape index (κ1) is 23.2. The highest BCUT2D eigenvalue weighted by Gasteiger charge is 2.42. The third kappa shape index (κ3) is 4.32. The van der Waals surface area contributed by atoms with E-state index >= 15 is 0 Å². The van der Waals surface area contributed by atoms with E-state index in [0.29, 0.717) is 17.3 Å². The van der Waals surface area contributed by atoms with Crippen LogP contribution in [0, 0.1) is 13.8 Å². The topological polar surface area (TPSA) is 46.2 Å². The zero-order valence-electron chi connectivity index (χ0n) is 19.1. The average molecular weight is 497 g/mol. The molecule has 4 aromatic rings. The first-order valence-electron chi connectivity index (χ1n) is 11.1. The van der Waals surface area contributed by atoms with Crippen molar-refractivity contribution in [2.75, 3.05) is 0 Å². The molecule has 1 aliphatic rings. The molecule has 0 amide bonds. The van der Waals surface area contributed by atoms with Gasteiger partial charge in [-0.3, -0.25) is 4.98 Å². The zero-order valence-corrected chi connectivity index (χ0v) is 19.9. The minimum atomic E-state index is -4.42. The first-order valence-corrected chi connectivity index (χ1v) is 11.5. The summed E-state index contributed by atoms with van der Waals surface area (Å²) in [6.07, 6.45) is -1.07. The maximum absolute atomic E-state index is 13.4. The van der Waals surface area contributed by atoms with Gasteiger partial charge in [0.15, 0.2) is 5.11 Å². The fourth-order valence-electron chi connectivity index (χ4n) is 4.79. The predicted octanol–water partition coefficient (Wildman–Crippen LogP) is 6.27. The molecule has 5 rings (SSSR count). The highest BCUT2D eigenvalue weighted by atomic mass is 32.1. The van der Waals surface area contributed by atoms with Crippen LogP contribution >= 0.6 is 12.2 Å². The van der Waals surface area contributed by atoms with Crippen LogP contribution in [0.5, 0.6) is 0 Å². The zero-order chi connectivity index (χ0) is 24.7. The Labute approximate surface area is 206 Å². The van der Waals surface area contributed by atoms with Gasteiger partial charge in [0.2, 0.25) is 0 Å². The van der Waals surface area contributed by atoms with Crippen LogP contribution in [0.1, 0.15) is 46.1 Å². The van der Waals surface area contributed by atoms with E-state index < -0.39 is 11.7 Å². The summed E-state index contributed by atoms with van der Waals surface area (Å²) in [4.78, 5) is 6.60. The quantitative estimate of drug-likeness (QED) is 0.330. The molecule has 9 heteroatoms. The lowest BCUT2D eigenvalue weighted by Crippen LogP contribution is -2.29. The van der Waals surface area contributed by atoms with Crippen molar-refractivity contribution in [1.82, 2.24) is 19.8 Å². The molecule has 1 fully saturated rings. The van der Waals surface area contributed by atoms with Crippen LogP contribution < -0.4 is 5.32 Å². The van der Waals surface area contributed by atoms with Gasteiger partial charge in [-0.2, -0.15) is 13.2 Å². The number of alkyl halides is 3. The van der Waals surface area contributed by atoms with Crippen molar-refractivity contribution in [1.29, 1.82) is 0 Å². The molecule has 0 spiro atoms. The normalized spacial score (nSPS) is 18.2. The Balaban J connectivity index is 1.62. The molecular formula is C26H23F3N4OS. The molecule has 1 aliphatic heterocycles. The molecule has 1 saturated heterocycles. The number of hydrogen-bond donors (Lipinski definition) is 1. The number of furan rings is 1. The highest BCUT2D eigenvalue weighted by Crippen LogP contribution is 2.42. The van der Waals surface area contributed by atoms with E-state index in [1.165, 1.54) is 12.1 Å². The van der Waals surface area contributed by atoms with Crippen LogP contribution in [0.15, 0.2) is 77.5 Å². The number of pyridine rings is 1. The van der Waals surface area contributed by atoms with E-state index in [-0.39, 0.29) is 12.1 Å². The molecule has 0 aliphatic carbocycles. The second-order valence-electron chi connectivity index (χ2n) is 8.54. The van der Waals surface area contributed by atoms with Crippen molar-refractivity contribution in [3.8, 4) is 5.69 Å². The molecule has 3 aromatic heterocycles. The molecule has 2 atom stereocenters. The van der Waals surface area contributed by atoms with E-state index in [4.69, 9.17) is 16.6 Å². The summed E-state index contributed by atoms with van der Waals surface area (Å²) in [6.45, 7) is 4.26. The van der Waals surface area contributed by atoms with Crippen LogP contribution in [0.3, 0.4) is 0 Å². The largest absolute Gasteiger partial charge is 0.467 e. The number of nitrogens with one attached hydrogen (secondary N) is 1. The minimum absolute atomic E-state index is 0.242. The summed E-state index contributed by atoms with van der Waals surface area (Å²) in [7, 11) is 0. The van der Waals surface area contributed by atoms with Crippen molar-refractivity contribution in [3.05, 3.63) is 107 Å². The Morgan fingerprint density at radius 3 is 2.57 bits per heavy atom. The Morgan fingerprint density at radius 1 is 1.06 bits per heavy atom. The van der Waals surface area contributed by atoms with E-state index in [9.17, 15) is 13.2 Å². The van der Waals surface area contributed by atoms with E-state index in [1.807, 2.05) is 59.7 Å². The first-order chi connectivity index (χ1) is 16.7. The number of thiocarbonyl (C=S) groups is 1. The lowest BCUT2D eigenvalue weighted by atomic mass is 9.96. The monoisotopic (exact) mass is 496 g/mol. The van der Waals surface area contributed by atoms with Crippen LogP contribution in [0.2, 0.25) is 0 Å². The van der Waals surface area contributed by atoms with Gasteiger partial charge in [-0.05, 0) is 80.2 Å². The molecule has 180 valence electrons. The van der Waals surface area contributed by atoms with Gasteiger partial charge < -0.3 is 19.2 Å². The number of halogens is 3. The SMILES string of the molecule is Cc1cc([C@H]2[C@@H](c3ccccn3)NC(=S)N2Cc2ccco2)c(C)n1-c1cccc(C(F)(F)F)c1. The summed E-state index contributed by atoms with van der Waals surface area (Å²) < 4.78 is 47.6. The van der Waals surface area contributed by atoms with Crippen LogP contribution in [-0.2, 0) is 12.7 Å². The molecule has 1 N–H and O–H groups in total. The highest BCUT2D eigenvalue weighted by molar-refractivity contribution is 7.80. The molecule has 0 bridgehead atoms. The van der Waals surface area contributed by atoms with Gasteiger partial charge in [-0.25, -0.2) is 0 Å². The summed E-state index contributed by atoms with van der Waals surface area (Å²) in [5.41, 5.74) is 3.22. The molecule has 0 saturated carbocycles. The number of aromatic nitrogens is 2. The summed E-state index contributed by atoms with van der Waals surface area (Å²) in [5, 5.41) is 3.96. The van der Waals surface area contributed by atoms with Gasteiger partial charge in [0, 0.05) is 23.3 Å². The Bertz CT molecular complexity index is 1350. The number of aryl methyl sites for hydroxylation is 1. The van der Waals surface area contributed by atoms with Crippen molar-refractivity contribution < 1.29 is 17.6 Å². The maximum atomic E-state index is 13.4. The smallest absolute Gasteiger partial charge is 0.416 e. The van der Waals surface area contributed by atoms with Crippen molar-refractivity contribution >= 4 is 17.3 Å². The van der Waals surface area contributed by atoms with Gasteiger partial charge in [-0.15, -0.1) is 0 Å². The third-order valence-electron chi connectivity index (χ3n) is 6.32. The Morgan fingerprint density at radius 2 is 1.89 bits per heavy atom. The van der Waals surface area contributed by atoms with E-state index in [0.717, 1.165) is 34.5 Å². The fourth-order valence-corrected chi connectivity index (χ4v) is 5.10. The number of nitrogens with zero attached hydrogens (tertiary/aromatic N) is 3. The summed E-state index contributed by atoms with van der Waals surface area (Å²) >= 11 is 5.72. The number of hydrogen-bond acceptors (Lipinski definition) is 3. The maximum Gasteiger partial charge on any atom is 0.416 e. The standard InChI is InChI=1S/C26H23F3N4OS/c1-16-13-21(17(2)33(16)19-8-5-7-18(14-19)26(27,28)29)24-23(22-10-3-4-11-30-22)31-25(35)32(24)15-20-9-6-12-34-20/h3-14,23-24H,15H2,1-2H3,(H,31,35)/t23-,24+/m1/s1. The van der Waals surface area contributed by atoms with Gasteiger partial charge in [-0.1, -0.05) is 12.1 Å². The average Bonchev–Trinajstić information content (AvgIpc) is 3.53. The lowest BCUT2D eigenvalue weighted by molar-refractivity contribution is -0.137. The second kappa shape index (κ2) is 8.88. The number of rotatable bonds is 5. The fraction of sp³-hybridized carbons (Fsp3) is 0.231. The molecule has 0 radical (unpaired) electrons. The number of benzene rings is 1. The molecule has 1 aromatic carbocycles. The van der Waals surface area contributed by atoms with Gasteiger partial charge in [0.1, 0.15) is 5.76 Å². The van der Waals surface area contributed by atoms with Crippen LogP contribution in [0.4, 0.5) is 13.2 Å². The van der Waals surface area contributed by atoms with Gasteiger partial charge >= 0.3 is 6.18 Å². The Kier molecular flexibility index (Phi) is 5.88. The molecule has 4 heterocycles. The molecule has 0 unspecified atom stereocenters. The molecule has 5 nitrogen and oxygen atoms in total. The van der Waals surface area contributed by atoms with E-state index in [1.54, 1.807) is 18.5 Å². The van der Waals surface area contributed by atoms with E-state index in [2.05, 4.69) is 10.3 Å². The molecular weight excluding hydrogens is 473 g/mol. The van der Waals surface area contributed by atoms with Crippen LogP contribution in [-0.4, -0.2) is 19.6 Å². The van der Waals surface area contributed by atoms with Gasteiger partial charge in [0.05, 0.1) is 36.1 Å². The van der Waals surface area contributed by atoms with Crippen molar-refractivity contribution in [2.45, 2.75) is 38.7 Å². The van der Waals surface area contributed by atoms with Gasteiger partial charge in [0.25, 0.3) is 0 Å². The minimum Gasteiger partial charge on any atom is -0.467 e. The summed E-state index contributed by atoms with van der Waals surface area (Å²) in [5.74, 6) is 0.757. The second-order valence-corrected chi connectivity index (χ2v) is 8.93. The third-order valence-corrected chi connectivity index (χ3v) is 6.68. The Hall–Kier alpha value is -3.59. The van der Waals surface area contributed by atoms with Crippen LogP contribution in [0.25, 0.3) is 5.69 Å². The summed E-state index contributed by atoms with van der Waals surface area (Å²) in [6, 6.07) is 16.3. The lowest BCUT2D eigenvalue weighted by Gasteiger charge is -2.27. The van der Waals surface area contributed by atoms with Crippen molar-refractivity contribution in [3.63, 3.8) is 0 Å². The van der Waals surface area contributed by atoms with Crippen molar-refractivity contribution in [2.24, 2.45) is 0 Å². The molecule has 35 heavy (non-hydrogen) atoms. The predicted molar refractivity (Wildman–Crippen MR) is 130 cm³/mol.